The van der Waals surface area contributed by atoms with E-state index < -0.39 is 0 Å². The van der Waals surface area contributed by atoms with Gasteiger partial charge >= 0.3 is 0 Å². The number of phenols is 1. The number of rotatable bonds is 11. The summed E-state index contributed by atoms with van der Waals surface area (Å²) in [5.41, 5.74) is 1.86. The van der Waals surface area contributed by atoms with Crippen molar-refractivity contribution in [3.63, 3.8) is 0 Å². The van der Waals surface area contributed by atoms with Crippen molar-refractivity contribution in [2.45, 2.75) is 33.7 Å². The van der Waals surface area contributed by atoms with Crippen LogP contribution in [0.15, 0.2) is 41.4 Å². The monoisotopic (exact) mass is 543 g/mol. The standard InChI is InChI=1S/C23H33N3O4.HI/c1-5-24-23(26-16-18-9-8-10-20(28-4)22(18)27)25-14-13-17-11-12-19(29-6-2)21(15-17)30-7-3;/h8-12,15,27H,5-7,13-14,16H2,1-4H3,(H2,24,25,26);1H. The smallest absolute Gasteiger partial charge is 0.191 e. The van der Waals surface area contributed by atoms with Crippen LogP contribution in [0.5, 0.6) is 23.0 Å². The SMILES string of the molecule is CCNC(=NCc1cccc(OC)c1O)NCCc1ccc(OCC)c(OCC)c1.I. The van der Waals surface area contributed by atoms with Crippen molar-refractivity contribution >= 4 is 29.9 Å². The van der Waals surface area contributed by atoms with Gasteiger partial charge in [0.2, 0.25) is 0 Å². The molecule has 0 spiro atoms. The fourth-order valence-corrected chi connectivity index (χ4v) is 2.94. The Hall–Kier alpha value is -2.36. The molecule has 0 heterocycles. The van der Waals surface area contributed by atoms with Crippen LogP contribution < -0.4 is 24.8 Å². The Morgan fingerprint density at radius 1 is 0.968 bits per heavy atom. The van der Waals surface area contributed by atoms with E-state index >= 15 is 0 Å². The molecule has 0 atom stereocenters. The molecule has 7 nitrogen and oxygen atoms in total. The zero-order chi connectivity index (χ0) is 21.8. The number of phenolic OH excluding ortho intramolecular Hbond substituents is 1. The third-order valence-corrected chi connectivity index (χ3v) is 4.37. The summed E-state index contributed by atoms with van der Waals surface area (Å²) in [7, 11) is 1.53. The average Bonchev–Trinajstić information content (AvgIpc) is 2.75. The van der Waals surface area contributed by atoms with Crippen LogP contribution in [0.3, 0.4) is 0 Å². The lowest BCUT2D eigenvalue weighted by Gasteiger charge is -2.14. The molecular weight excluding hydrogens is 509 g/mol. The largest absolute Gasteiger partial charge is 0.504 e. The first-order chi connectivity index (χ1) is 14.6. The van der Waals surface area contributed by atoms with Crippen LogP contribution in [-0.2, 0) is 13.0 Å². The van der Waals surface area contributed by atoms with E-state index in [0.717, 1.165) is 30.0 Å². The van der Waals surface area contributed by atoms with E-state index in [0.29, 0.717) is 43.6 Å². The molecule has 0 saturated carbocycles. The Morgan fingerprint density at radius 3 is 2.39 bits per heavy atom. The summed E-state index contributed by atoms with van der Waals surface area (Å²) in [4.78, 5) is 4.57. The maximum Gasteiger partial charge on any atom is 0.191 e. The van der Waals surface area contributed by atoms with Crippen LogP contribution in [0.25, 0.3) is 0 Å². The topological polar surface area (TPSA) is 84.3 Å². The minimum atomic E-state index is 0. The molecule has 0 aliphatic rings. The van der Waals surface area contributed by atoms with Gasteiger partial charge in [-0.05, 0) is 51.0 Å². The number of benzene rings is 2. The van der Waals surface area contributed by atoms with Gasteiger partial charge in [0.25, 0.3) is 0 Å². The molecule has 0 radical (unpaired) electrons. The van der Waals surface area contributed by atoms with Crippen LogP contribution in [-0.4, -0.2) is 44.5 Å². The van der Waals surface area contributed by atoms with Gasteiger partial charge in [-0.2, -0.15) is 0 Å². The maximum absolute atomic E-state index is 10.2. The molecular formula is C23H34IN3O4. The minimum Gasteiger partial charge on any atom is -0.504 e. The third kappa shape index (κ3) is 8.35. The Morgan fingerprint density at radius 2 is 1.71 bits per heavy atom. The summed E-state index contributed by atoms with van der Waals surface area (Å²) in [6.45, 7) is 8.92. The lowest BCUT2D eigenvalue weighted by Crippen LogP contribution is -2.38. The molecule has 2 rings (SSSR count). The predicted molar refractivity (Wildman–Crippen MR) is 135 cm³/mol. The van der Waals surface area contributed by atoms with Crippen molar-refractivity contribution in [1.29, 1.82) is 0 Å². The zero-order valence-electron chi connectivity index (χ0n) is 18.7. The van der Waals surface area contributed by atoms with Crippen molar-refractivity contribution in [3.8, 4) is 23.0 Å². The molecule has 0 aromatic heterocycles. The van der Waals surface area contributed by atoms with Crippen LogP contribution in [0, 0.1) is 0 Å². The molecule has 8 heteroatoms. The number of halogens is 1. The fourth-order valence-electron chi connectivity index (χ4n) is 2.94. The Labute approximate surface area is 202 Å². The number of aromatic hydroxyl groups is 1. The highest BCUT2D eigenvalue weighted by molar-refractivity contribution is 14.0. The highest BCUT2D eigenvalue weighted by Gasteiger charge is 2.08. The van der Waals surface area contributed by atoms with Crippen LogP contribution in [0.2, 0.25) is 0 Å². The number of para-hydroxylation sites is 1. The van der Waals surface area contributed by atoms with E-state index in [9.17, 15) is 5.11 Å². The maximum atomic E-state index is 10.2. The van der Waals surface area contributed by atoms with E-state index in [1.165, 1.54) is 7.11 Å². The first-order valence-electron chi connectivity index (χ1n) is 10.4. The number of ether oxygens (including phenoxy) is 3. The average molecular weight is 543 g/mol. The molecule has 3 N–H and O–H groups in total. The molecule has 0 unspecified atom stereocenters. The number of hydrogen-bond donors (Lipinski definition) is 3. The van der Waals surface area contributed by atoms with Crippen LogP contribution in [0.1, 0.15) is 31.9 Å². The number of aliphatic imine (C=N–C) groups is 1. The van der Waals surface area contributed by atoms with E-state index in [-0.39, 0.29) is 29.7 Å². The van der Waals surface area contributed by atoms with Crippen molar-refractivity contribution in [2.75, 3.05) is 33.4 Å². The van der Waals surface area contributed by atoms with Gasteiger partial charge in [0.1, 0.15) is 0 Å². The normalized spacial score (nSPS) is 10.8. The minimum absolute atomic E-state index is 0. The highest BCUT2D eigenvalue weighted by Crippen LogP contribution is 2.30. The molecule has 172 valence electrons. The number of nitrogens with one attached hydrogen (secondary N) is 2. The molecule has 0 saturated heterocycles. The second kappa shape index (κ2) is 14.6. The van der Waals surface area contributed by atoms with Gasteiger partial charge in [0.05, 0.1) is 26.9 Å². The van der Waals surface area contributed by atoms with Gasteiger partial charge in [-0.3, -0.25) is 0 Å². The van der Waals surface area contributed by atoms with Crippen LogP contribution in [0.4, 0.5) is 0 Å². The molecule has 31 heavy (non-hydrogen) atoms. The van der Waals surface area contributed by atoms with Gasteiger partial charge in [-0.25, -0.2) is 4.99 Å². The lowest BCUT2D eigenvalue weighted by atomic mass is 10.1. The molecule has 0 aliphatic carbocycles. The Kier molecular flexibility index (Phi) is 12.6. The van der Waals surface area contributed by atoms with Gasteiger partial charge in [0, 0.05) is 18.7 Å². The molecule has 0 aliphatic heterocycles. The summed E-state index contributed by atoms with van der Waals surface area (Å²) in [6.07, 6.45) is 0.807. The van der Waals surface area contributed by atoms with Gasteiger partial charge < -0.3 is 30.0 Å². The molecule has 0 bridgehead atoms. The lowest BCUT2D eigenvalue weighted by molar-refractivity contribution is 0.287. The van der Waals surface area contributed by atoms with E-state index in [1.54, 1.807) is 6.07 Å². The number of guanidine groups is 1. The van der Waals surface area contributed by atoms with Crippen molar-refractivity contribution in [1.82, 2.24) is 10.6 Å². The molecule has 0 fully saturated rings. The fraction of sp³-hybridized carbons (Fsp3) is 0.435. The first-order valence-corrected chi connectivity index (χ1v) is 10.4. The van der Waals surface area contributed by atoms with Gasteiger partial charge in [0.15, 0.2) is 29.0 Å². The van der Waals surface area contributed by atoms with Gasteiger partial charge in [-0.1, -0.05) is 18.2 Å². The predicted octanol–water partition coefficient (Wildman–Crippen LogP) is 4.11. The van der Waals surface area contributed by atoms with E-state index in [4.69, 9.17) is 14.2 Å². The second-order valence-electron chi connectivity index (χ2n) is 6.49. The number of hydrogen-bond acceptors (Lipinski definition) is 5. The summed E-state index contributed by atoms with van der Waals surface area (Å²) in [6, 6.07) is 11.4. The van der Waals surface area contributed by atoms with E-state index in [2.05, 4.69) is 15.6 Å². The van der Waals surface area contributed by atoms with E-state index in [1.807, 2.05) is 51.1 Å². The van der Waals surface area contributed by atoms with Crippen molar-refractivity contribution in [3.05, 3.63) is 47.5 Å². The summed E-state index contributed by atoms with van der Waals surface area (Å²) >= 11 is 0. The highest BCUT2D eigenvalue weighted by atomic mass is 127. The Bertz CT molecular complexity index is 830. The quantitative estimate of drug-likeness (QED) is 0.225. The molecule has 2 aromatic rings. The molecule has 0 amide bonds. The zero-order valence-corrected chi connectivity index (χ0v) is 21.1. The summed E-state index contributed by atoms with van der Waals surface area (Å²) in [5, 5.41) is 16.8. The first kappa shape index (κ1) is 26.7. The van der Waals surface area contributed by atoms with Crippen LogP contribution >= 0.6 is 24.0 Å². The molecule has 2 aromatic carbocycles. The number of methoxy groups -OCH3 is 1. The number of nitrogens with zero attached hydrogens (tertiary/aromatic N) is 1. The summed E-state index contributed by atoms with van der Waals surface area (Å²) in [5.74, 6) is 2.80. The Balaban J connectivity index is 0.00000480. The van der Waals surface area contributed by atoms with Crippen molar-refractivity contribution in [2.24, 2.45) is 4.99 Å². The second-order valence-corrected chi connectivity index (χ2v) is 6.49. The third-order valence-electron chi connectivity index (χ3n) is 4.37. The summed E-state index contributed by atoms with van der Waals surface area (Å²) < 4.78 is 16.5. The van der Waals surface area contributed by atoms with Gasteiger partial charge in [-0.15, -0.1) is 24.0 Å². The van der Waals surface area contributed by atoms with Crippen molar-refractivity contribution < 1.29 is 19.3 Å².